The molecule has 0 spiro atoms. The summed E-state index contributed by atoms with van der Waals surface area (Å²) in [4.78, 5) is 12.5. The number of nitrogens with one attached hydrogen (secondary N) is 2. The van der Waals surface area contributed by atoms with Crippen molar-refractivity contribution in [2.45, 2.75) is 25.4 Å². The lowest BCUT2D eigenvalue weighted by Crippen LogP contribution is -2.35. The molecule has 6 heteroatoms. The van der Waals surface area contributed by atoms with Crippen LogP contribution in [0.5, 0.6) is 5.75 Å². The van der Waals surface area contributed by atoms with E-state index in [4.69, 9.17) is 21.7 Å². The summed E-state index contributed by atoms with van der Waals surface area (Å²) in [5.41, 5.74) is 1.76. The van der Waals surface area contributed by atoms with Crippen molar-refractivity contribution in [3.8, 4) is 5.75 Å². The Morgan fingerprint density at radius 1 is 1.07 bits per heavy atom. The molecule has 4 rings (SSSR count). The van der Waals surface area contributed by atoms with Gasteiger partial charge in [-0.25, -0.2) is 0 Å². The van der Waals surface area contributed by atoms with Gasteiger partial charge < -0.3 is 20.1 Å². The van der Waals surface area contributed by atoms with Gasteiger partial charge in [0.25, 0.3) is 0 Å². The van der Waals surface area contributed by atoms with E-state index in [0.717, 1.165) is 47.2 Å². The second-order valence-corrected chi connectivity index (χ2v) is 7.70. The first kappa shape index (κ1) is 20.3. The van der Waals surface area contributed by atoms with Gasteiger partial charge in [-0.05, 0) is 65.7 Å². The Bertz CT molecular complexity index is 1020. The number of carbonyl (C=O) groups is 1. The minimum atomic E-state index is -0.152. The zero-order valence-electron chi connectivity index (χ0n) is 16.6. The van der Waals surface area contributed by atoms with Crippen LogP contribution in [0.25, 0.3) is 10.8 Å². The van der Waals surface area contributed by atoms with Crippen LogP contribution >= 0.6 is 12.2 Å². The number of amides is 1. The van der Waals surface area contributed by atoms with Gasteiger partial charge in [0.05, 0.1) is 12.5 Å². The third-order valence-corrected chi connectivity index (χ3v) is 5.26. The van der Waals surface area contributed by atoms with Gasteiger partial charge in [0.1, 0.15) is 12.4 Å². The number of anilines is 1. The van der Waals surface area contributed by atoms with Crippen LogP contribution < -0.4 is 15.4 Å². The molecule has 154 valence electrons. The summed E-state index contributed by atoms with van der Waals surface area (Å²) in [5, 5.41) is 8.26. The quantitative estimate of drug-likeness (QED) is 0.577. The zero-order valence-corrected chi connectivity index (χ0v) is 17.4. The van der Waals surface area contributed by atoms with E-state index in [-0.39, 0.29) is 23.5 Å². The van der Waals surface area contributed by atoms with Crippen molar-refractivity contribution >= 4 is 39.7 Å². The largest absolute Gasteiger partial charge is 0.491 e. The number of benzene rings is 3. The Balaban J connectivity index is 1.28. The van der Waals surface area contributed by atoms with E-state index in [1.807, 2.05) is 66.7 Å². The third-order valence-electron chi connectivity index (χ3n) is 5.06. The molecule has 1 atom stereocenters. The number of thiocarbonyl (C=S) groups is 1. The number of ether oxygens (including phenoxy) is 2. The second-order valence-electron chi connectivity index (χ2n) is 7.29. The van der Waals surface area contributed by atoms with Gasteiger partial charge in [0.15, 0.2) is 5.11 Å². The smallest absolute Gasteiger partial charge is 0.230 e. The molecule has 1 fully saturated rings. The van der Waals surface area contributed by atoms with E-state index in [1.165, 1.54) is 0 Å². The molecule has 0 aliphatic carbocycles. The summed E-state index contributed by atoms with van der Waals surface area (Å²) in [5.74, 6) is 0.627. The van der Waals surface area contributed by atoms with Crippen LogP contribution in [0.1, 0.15) is 18.4 Å². The molecule has 30 heavy (non-hydrogen) atoms. The van der Waals surface area contributed by atoms with Gasteiger partial charge in [-0.1, -0.05) is 42.5 Å². The van der Waals surface area contributed by atoms with E-state index in [0.29, 0.717) is 6.61 Å². The van der Waals surface area contributed by atoms with Crippen molar-refractivity contribution in [1.29, 1.82) is 0 Å². The Labute approximate surface area is 181 Å². The molecule has 3 aromatic rings. The molecule has 1 aliphatic heterocycles. The number of fused-ring (bicyclic) bond motifs is 1. The van der Waals surface area contributed by atoms with E-state index in [1.54, 1.807) is 0 Å². The lowest BCUT2D eigenvalue weighted by atomic mass is 10.0. The number of hydrogen-bond donors (Lipinski definition) is 2. The predicted molar refractivity (Wildman–Crippen MR) is 123 cm³/mol. The highest BCUT2D eigenvalue weighted by atomic mass is 32.1. The maximum atomic E-state index is 12.5. The molecule has 0 bridgehead atoms. The van der Waals surface area contributed by atoms with Gasteiger partial charge >= 0.3 is 0 Å². The van der Waals surface area contributed by atoms with Crippen LogP contribution in [-0.2, 0) is 16.0 Å². The minimum absolute atomic E-state index is 0.152. The van der Waals surface area contributed by atoms with Gasteiger partial charge in [0, 0.05) is 12.3 Å². The van der Waals surface area contributed by atoms with E-state index in [2.05, 4.69) is 10.6 Å². The van der Waals surface area contributed by atoms with Gasteiger partial charge in [-0.15, -0.1) is 0 Å². The fourth-order valence-corrected chi connectivity index (χ4v) is 3.78. The molecular formula is C24H24N2O3S. The maximum absolute atomic E-state index is 12.5. The van der Waals surface area contributed by atoms with E-state index < -0.39 is 0 Å². The highest BCUT2D eigenvalue weighted by molar-refractivity contribution is 7.80. The van der Waals surface area contributed by atoms with Crippen LogP contribution in [0.2, 0.25) is 0 Å². The molecular weight excluding hydrogens is 396 g/mol. The highest BCUT2D eigenvalue weighted by Crippen LogP contribution is 2.20. The molecule has 1 unspecified atom stereocenters. The first-order valence-electron chi connectivity index (χ1n) is 10.1. The number of rotatable bonds is 6. The molecule has 5 nitrogen and oxygen atoms in total. The lowest BCUT2D eigenvalue weighted by molar-refractivity contribution is -0.119. The average molecular weight is 421 g/mol. The van der Waals surface area contributed by atoms with Crippen molar-refractivity contribution in [2.24, 2.45) is 0 Å². The number of carbonyl (C=O) groups excluding carboxylic acids is 1. The Kier molecular flexibility index (Phi) is 6.57. The molecule has 1 aliphatic rings. The number of hydrogen-bond acceptors (Lipinski definition) is 4. The Morgan fingerprint density at radius 3 is 2.67 bits per heavy atom. The first-order chi connectivity index (χ1) is 14.7. The van der Waals surface area contributed by atoms with E-state index >= 15 is 0 Å². The molecule has 1 heterocycles. The molecule has 0 aromatic heterocycles. The summed E-state index contributed by atoms with van der Waals surface area (Å²) in [6.07, 6.45) is 2.60. The van der Waals surface area contributed by atoms with Crippen LogP contribution in [0.15, 0.2) is 66.7 Å². The third kappa shape index (κ3) is 5.34. The molecule has 2 N–H and O–H groups in total. The molecule has 3 aromatic carbocycles. The molecule has 0 radical (unpaired) electrons. The summed E-state index contributed by atoms with van der Waals surface area (Å²) >= 11 is 5.29. The summed E-state index contributed by atoms with van der Waals surface area (Å²) in [6.45, 7) is 1.38. The van der Waals surface area contributed by atoms with Gasteiger partial charge in [0.2, 0.25) is 5.91 Å². The molecule has 0 saturated carbocycles. The lowest BCUT2D eigenvalue weighted by Gasteiger charge is -2.13. The van der Waals surface area contributed by atoms with Gasteiger partial charge in [-0.3, -0.25) is 4.79 Å². The van der Waals surface area contributed by atoms with E-state index in [9.17, 15) is 4.79 Å². The first-order valence-corrected chi connectivity index (χ1v) is 10.5. The summed E-state index contributed by atoms with van der Waals surface area (Å²) in [7, 11) is 0. The predicted octanol–water partition coefficient (Wildman–Crippen LogP) is 4.45. The van der Waals surface area contributed by atoms with Crippen LogP contribution in [0, 0.1) is 0 Å². The fraction of sp³-hybridized carbons (Fsp3) is 0.250. The Morgan fingerprint density at radius 2 is 1.87 bits per heavy atom. The van der Waals surface area contributed by atoms with Crippen LogP contribution in [0.4, 0.5) is 5.69 Å². The van der Waals surface area contributed by atoms with Crippen LogP contribution in [0.3, 0.4) is 0 Å². The maximum Gasteiger partial charge on any atom is 0.230 e. The van der Waals surface area contributed by atoms with Gasteiger partial charge in [-0.2, -0.15) is 0 Å². The SMILES string of the molecule is O=C(Cc1cccc2ccccc12)NC(=S)Nc1ccc(OCC2CCCO2)cc1. The standard InChI is InChI=1S/C24H24N2O3S/c27-23(15-18-7-3-6-17-5-1-2-9-22(17)18)26-24(30)25-19-10-12-20(13-11-19)29-16-21-8-4-14-28-21/h1-3,5-7,9-13,21H,4,8,14-16H2,(H2,25,26,27,30). The average Bonchev–Trinajstić information content (AvgIpc) is 3.27. The van der Waals surface area contributed by atoms with Crippen molar-refractivity contribution < 1.29 is 14.3 Å². The summed E-state index contributed by atoms with van der Waals surface area (Å²) < 4.78 is 11.3. The van der Waals surface area contributed by atoms with Crippen molar-refractivity contribution in [1.82, 2.24) is 5.32 Å². The second kappa shape index (κ2) is 9.69. The van der Waals surface area contributed by atoms with Crippen LogP contribution in [-0.4, -0.2) is 30.3 Å². The monoisotopic (exact) mass is 420 g/mol. The summed E-state index contributed by atoms with van der Waals surface area (Å²) in [6, 6.07) is 21.5. The van der Waals surface area contributed by atoms with Crippen molar-refractivity contribution in [3.63, 3.8) is 0 Å². The topological polar surface area (TPSA) is 59.6 Å². The molecule has 1 amide bonds. The zero-order chi connectivity index (χ0) is 20.8. The minimum Gasteiger partial charge on any atom is -0.491 e. The normalized spacial score (nSPS) is 15.7. The fourth-order valence-electron chi connectivity index (χ4n) is 3.55. The Hall–Kier alpha value is -2.96. The van der Waals surface area contributed by atoms with Crippen molar-refractivity contribution in [3.05, 3.63) is 72.3 Å². The molecule has 1 saturated heterocycles. The van der Waals surface area contributed by atoms with Crippen molar-refractivity contribution in [2.75, 3.05) is 18.5 Å². The highest BCUT2D eigenvalue weighted by Gasteiger charge is 2.16.